The van der Waals surface area contributed by atoms with Crippen molar-refractivity contribution in [3.05, 3.63) is 57.9 Å². The lowest BCUT2D eigenvalue weighted by atomic mass is 10.1. The normalized spacial score (nSPS) is 10.2. The summed E-state index contributed by atoms with van der Waals surface area (Å²) in [5, 5.41) is 13.4. The molecule has 98 valence electrons. The number of rotatable bonds is 5. The molecule has 0 unspecified atom stereocenters. The Morgan fingerprint density at radius 1 is 1.16 bits per heavy atom. The van der Waals surface area contributed by atoms with Gasteiger partial charge in [0.1, 0.15) is 12.4 Å². The Kier molecular flexibility index (Phi) is 3.99. The molecular formula is C12H13N5O2. The highest BCUT2D eigenvalue weighted by molar-refractivity contribution is 5.32. The number of aromatic nitrogens is 2. The van der Waals surface area contributed by atoms with E-state index in [1.807, 2.05) is 24.3 Å². The van der Waals surface area contributed by atoms with Gasteiger partial charge in [-0.05, 0) is 11.1 Å². The van der Waals surface area contributed by atoms with Crippen LogP contribution in [0.15, 0.2) is 36.7 Å². The average molecular weight is 259 g/mol. The van der Waals surface area contributed by atoms with Gasteiger partial charge in [-0.2, -0.15) is 0 Å². The second-order valence-corrected chi connectivity index (χ2v) is 3.90. The first-order valence-corrected chi connectivity index (χ1v) is 5.67. The van der Waals surface area contributed by atoms with Crippen LogP contribution in [-0.4, -0.2) is 14.9 Å². The summed E-state index contributed by atoms with van der Waals surface area (Å²) < 4.78 is 0. The molecule has 1 aromatic heterocycles. The van der Waals surface area contributed by atoms with Crippen molar-refractivity contribution in [3.8, 4) is 0 Å². The second-order valence-electron chi connectivity index (χ2n) is 3.90. The van der Waals surface area contributed by atoms with Gasteiger partial charge in [0.15, 0.2) is 0 Å². The van der Waals surface area contributed by atoms with E-state index in [0.717, 1.165) is 11.1 Å². The van der Waals surface area contributed by atoms with Crippen LogP contribution in [-0.2, 0) is 13.1 Å². The van der Waals surface area contributed by atoms with Crippen molar-refractivity contribution in [3.63, 3.8) is 0 Å². The molecule has 3 N–H and O–H groups in total. The number of hydrogen-bond donors (Lipinski definition) is 2. The van der Waals surface area contributed by atoms with Gasteiger partial charge in [0.2, 0.25) is 5.95 Å². The van der Waals surface area contributed by atoms with Crippen molar-refractivity contribution in [2.45, 2.75) is 13.1 Å². The van der Waals surface area contributed by atoms with Crippen molar-refractivity contribution in [2.75, 3.05) is 5.32 Å². The molecule has 0 radical (unpaired) electrons. The molecule has 0 spiro atoms. The average Bonchev–Trinajstić information content (AvgIpc) is 2.46. The molecule has 0 saturated carbocycles. The molecule has 0 fully saturated rings. The van der Waals surface area contributed by atoms with Gasteiger partial charge >= 0.3 is 5.69 Å². The predicted octanol–water partition coefficient (Wildman–Crippen LogP) is 1.46. The summed E-state index contributed by atoms with van der Waals surface area (Å²) in [5.41, 5.74) is 7.51. The van der Waals surface area contributed by atoms with Crippen molar-refractivity contribution < 1.29 is 4.92 Å². The number of nitrogens with two attached hydrogens (primary N) is 1. The molecule has 0 aliphatic rings. The topological polar surface area (TPSA) is 107 Å². The van der Waals surface area contributed by atoms with Gasteiger partial charge in [0, 0.05) is 13.1 Å². The lowest BCUT2D eigenvalue weighted by Gasteiger charge is -2.05. The van der Waals surface area contributed by atoms with Crippen molar-refractivity contribution in [1.29, 1.82) is 0 Å². The number of benzene rings is 1. The Balaban J connectivity index is 1.95. The molecule has 0 aliphatic carbocycles. The van der Waals surface area contributed by atoms with Crippen molar-refractivity contribution >= 4 is 11.6 Å². The number of hydrogen-bond acceptors (Lipinski definition) is 6. The van der Waals surface area contributed by atoms with Crippen molar-refractivity contribution in [1.82, 2.24) is 9.97 Å². The number of nitrogens with zero attached hydrogens (tertiary/aromatic N) is 3. The van der Waals surface area contributed by atoms with Crippen molar-refractivity contribution in [2.24, 2.45) is 5.73 Å². The Labute approximate surface area is 109 Å². The summed E-state index contributed by atoms with van der Waals surface area (Å²) in [6.45, 7) is 1.06. The molecule has 7 nitrogen and oxygen atoms in total. The second kappa shape index (κ2) is 5.87. The zero-order valence-electron chi connectivity index (χ0n) is 10.1. The summed E-state index contributed by atoms with van der Waals surface area (Å²) in [4.78, 5) is 17.6. The maximum atomic E-state index is 10.4. The van der Waals surface area contributed by atoms with Crippen LogP contribution >= 0.6 is 0 Å². The van der Waals surface area contributed by atoms with Gasteiger partial charge in [0.25, 0.3) is 0 Å². The summed E-state index contributed by atoms with van der Waals surface area (Å²) in [5.74, 6) is 0.355. The summed E-state index contributed by atoms with van der Waals surface area (Å²) >= 11 is 0. The van der Waals surface area contributed by atoms with Crippen LogP contribution in [0.4, 0.5) is 11.6 Å². The molecule has 2 rings (SSSR count). The third-order valence-corrected chi connectivity index (χ3v) is 2.56. The molecule has 1 aromatic carbocycles. The standard InChI is InChI=1S/C12H13N5O2/c13-5-9-1-3-10(4-2-9)6-14-12-15-7-11(8-16-12)17(18)19/h1-4,7-8H,5-6,13H2,(H,14,15,16). The Hall–Kier alpha value is -2.54. The van der Waals surface area contributed by atoms with E-state index in [4.69, 9.17) is 5.73 Å². The largest absolute Gasteiger partial charge is 0.350 e. The summed E-state index contributed by atoms with van der Waals surface area (Å²) in [6.07, 6.45) is 2.35. The van der Waals surface area contributed by atoms with E-state index in [1.54, 1.807) is 0 Å². The fourth-order valence-corrected chi connectivity index (χ4v) is 1.48. The van der Waals surface area contributed by atoms with E-state index in [1.165, 1.54) is 12.4 Å². The van der Waals surface area contributed by atoms with Gasteiger partial charge in [-0.3, -0.25) is 10.1 Å². The minimum atomic E-state index is -0.532. The molecule has 2 aromatic rings. The van der Waals surface area contributed by atoms with Gasteiger partial charge < -0.3 is 11.1 Å². The molecule has 19 heavy (non-hydrogen) atoms. The molecule has 0 atom stereocenters. The minimum Gasteiger partial charge on any atom is -0.350 e. The van der Waals surface area contributed by atoms with Gasteiger partial charge in [-0.1, -0.05) is 24.3 Å². The van der Waals surface area contributed by atoms with E-state index >= 15 is 0 Å². The summed E-state index contributed by atoms with van der Waals surface area (Å²) in [6, 6.07) is 7.82. The first-order valence-electron chi connectivity index (χ1n) is 5.67. The minimum absolute atomic E-state index is 0.127. The third-order valence-electron chi connectivity index (χ3n) is 2.56. The zero-order chi connectivity index (χ0) is 13.7. The van der Waals surface area contributed by atoms with Crippen LogP contribution in [0, 0.1) is 10.1 Å². The molecule has 7 heteroatoms. The first-order chi connectivity index (χ1) is 9.19. The van der Waals surface area contributed by atoms with Crippen LogP contribution in [0.25, 0.3) is 0 Å². The predicted molar refractivity (Wildman–Crippen MR) is 70.3 cm³/mol. The van der Waals surface area contributed by atoms with Crippen LogP contribution in [0.3, 0.4) is 0 Å². The maximum absolute atomic E-state index is 10.4. The Morgan fingerprint density at radius 3 is 2.26 bits per heavy atom. The Morgan fingerprint density at radius 2 is 1.74 bits per heavy atom. The first kappa shape index (κ1) is 12.9. The van der Waals surface area contributed by atoms with Gasteiger partial charge in [-0.25, -0.2) is 9.97 Å². The SMILES string of the molecule is NCc1ccc(CNc2ncc([N+](=O)[O-])cn2)cc1. The molecule has 1 heterocycles. The van der Waals surface area contributed by atoms with E-state index in [-0.39, 0.29) is 5.69 Å². The lowest BCUT2D eigenvalue weighted by molar-refractivity contribution is -0.385. The number of nitro groups is 1. The smallest absolute Gasteiger partial charge is 0.305 e. The monoisotopic (exact) mass is 259 g/mol. The fourth-order valence-electron chi connectivity index (χ4n) is 1.48. The van der Waals surface area contributed by atoms with Crippen LogP contribution in [0.1, 0.15) is 11.1 Å². The third kappa shape index (κ3) is 3.46. The van der Waals surface area contributed by atoms with Crippen LogP contribution < -0.4 is 11.1 Å². The van der Waals surface area contributed by atoms with Crippen LogP contribution in [0.2, 0.25) is 0 Å². The number of anilines is 1. The van der Waals surface area contributed by atoms with E-state index in [2.05, 4.69) is 15.3 Å². The van der Waals surface area contributed by atoms with E-state index in [9.17, 15) is 10.1 Å². The molecule has 0 amide bonds. The highest BCUT2D eigenvalue weighted by Crippen LogP contribution is 2.10. The van der Waals surface area contributed by atoms with Gasteiger partial charge in [-0.15, -0.1) is 0 Å². The molecule has 0 saturated heterocycles. The highest BCUT2D eigenvalue weighted by atomic mass is 16.6. The fraction of sp³-hybridized carbons (Fsp3) is 0.167. The lowest BCUT2D eigenvalue weighted by Crippen LogP contribution is -2.04. The van der Waals surface area contributed by atoms with Crippen LogP contribution in [0.5, 0.6) is 0 Å². The van der Waals surface area contributed by atoms with E-state index in [0.29, 0.717) is 19.0 Å². The Bertz CT molecular complexity index is 553. The maximum Gasteiger partial charge on any atom is 0.305 e. The highest BCUT2D eigenvalue weighted by Gasteiger charge is 2.06. The molecule has 0 aliphatic heterocycles. The molecular weight excluding hydrogens is 246 g/mol. The zero-order valence-corrected chi connectivity index (χ0v) is 10.1. The summed E-state index contributed by atoms with van der Waals surface area (Å²) in [7, 11) is 0. The van der Waals surface area contributed by atoms with Gasteiger partial charge in [0.05, 0.1) is 4.92 Å². The van der Waals surface area contributed by atoms with E-state index < -0.39 is 4.92 Å². The number of nitrogens with one attached hydrogen (secondary N) is 1. The molecule has 0 bridgehead atoms. The quantitative estimate of drug-likeness (QED) is 0.621.